The van der Waals surface area contributed by atoms with E-state index in [2.05, 4.69) is 30.9 Å². The minimum Gasteiger partial charge on any atom is -0.342 e. The molecule has 0 saturated heterocycles. The smallest absolute Gasteiger partial charge is 0.309 e. The molecule has 34 heavy (non-hydrogen) atoms. The second kappa shape index (κ2) is 9.37. The molecule has 0 bridgehead atoms. The fourth-order valence-corrected chi connectivity index (χ4v) is 3.53. The van der Waals surface area contributed by atoms with Crippen LogP contribution in [0.2, 0.25) is 0 Å². The largest absolute Gasteiger partial charge is 0.342 e. The molecule has 5 aromatic rings. The average molecular weight is 451 g/mol. The van der Waals surface area contributed by atoms with Crippen LogP contribution < -0.4 is 10.9 Å². The van der Waals surface area contributed by atoms with Gasteiger partial charge >= 0.3 is 5.91 Å². The summed E-state index contributed by atoms with van der Waals surface area (Å²) in [4.78, 5) is 37.0. The number of rotatable bonds is 6. The Morgan fingerprint density at radius 2 is 1.53 bits per heavy atom. The predicted molar refractivity (Wildman–Crippen MR) is 127 cm³/mol. The van der Waals surface area contributed by atoms with E-state index in [1.54, 1.807) is 4.68 Å². The monoisotopic (exact) mass is 451 g/mol. The van der Waals surface area contributed by atoms with E-state index in [1.165, 1.54) is 0 Å². The fourth-order valence-electron chi connectivity index (χ4n) is 3.53. The SMILES string of the molecule is O=C(CCc1nc2ccccc2[nH]1)NNC(=O)c1nc(-c2ccccc2)n(-c2ccccc2)n1. The van der Waals surface area contributed by atoms with Crippen molar-refractivity contribution in [2.75, 3.05) is 0 Å². The standard InChI is InChI=1S/C25H21N7O2/c33-22(16-15-21-26-19-13-7-8-14-20(19)27-21)29-30-25(34)23-28-24(17-9-3-1-4-10-17)32(31-23)18-11-5-2-6-12-18/h1-14H,15-16H2,(H,26,27)(H,29,33)(H,30,34). The summed E-state index contributed by atoms with van der Waals surface area (Å²) >= 11 is 0. The van der Waals surface area contributed by atoms with Gasteiger partial charge in [-0.05, 0) is 24.3 Å². The number of fused-ring (bicyclic) bond motifs is 1. The van der Waals surface area contributed by atoms with Gasteiger partial charge in [-0.25, -0.2) is 14.6 Å². The molecular weight excluding hydrogens is 430 g/mol. The van der Waals surface area contributed by atoms with Crippen molar-refractivity contribution >= 4 is 22.8 Å². The van der Waals surface area contributed by atoms with Crippen molar-refractivity contribution in [1.82, 2.24) is 35.6 Å². The van der Waals surface area contributed by atoms with Gasteiger partial charge in [0.1, 0.15) is 5.82 Å². The van der Waals surface area contributed by atoms with Gasteiger partial charge in [0.15, 0.2) is 5.82 Å². The van der Waals surface area contributed by atoms with Crippen LogP contribution in [0.15, 0.2) is 84.9 Å². The molecule has 0 fully saturated rings. The van der Waals surface area contributed by atoms with Crippen molar-refractivity contribution in [2.45, 2.75) is 12.8 Å². The Bertz CT molecular complexity index is 1350. The van der Waals surface area contributed by atoms with Crippen LogP contribution in [0.3, 0.4) is 0 Å². The van der Waals surface area contributed by atoms with Gasteiger partial charge in [0.05, 0.1) is 16.7 Å². The molecule has 0 radical (unpaired) electrons. The van der Waals surface area contributed by atoms with Gasteiger partial charge in [-0.15, -0.1) is 5.10 Å². The number of H-pyrrole nitrogens is 1. The Labute approximate surface area is 194 Å². The number of aromatic nitrogens is 5. The fraction of sp³-hybridized carbons (Fsp3) is 0.0800. The second-order valence-corrected chi connectivity index (χ2v) is 7.58. The molecule has 0 aliphatic heterocycles. The number of hydrogen-bond acceptors (Lipinski definition) is 5. The quantitative estimate of drug-likeness (QED) is 0.343. The van der Waals surface area contributed by atoms with Crippen molar-refractivity contribution in [1.29, 1.82) is 0 Å². The summed E-state index contributed by atoms with van der Waals surface area (Å²) in [6.45, 7) is 0. The number of aryl methyl sites for hydroxylation is 1. The Kier molecular flexibility index (Phi) is 5.81. The Morgan fingerprint density at radius 3 is 2.29 bits per heavy atom. The highest BCUT2D eigenvalue weighted by Gasteiger charge is 2.19. The van der Waals surface area contributed by atoms with E-state index in [1.807, 2.05) is 84.9 Å². The normalized spacial score (nSPS) is 10.8. The van der Waals surface area contributed by atoms with E-state index in [0.717, 1.165) is 22.3 Å². The lowest BCUT2D eigenvalue weighted by Gasteiger charge is -2.05. The summed E-state index contributed by atoms with van der Waals surface area (Å²) in [6.07, 6.45) is 0.566. The number of carbonyl (C=O) groups is 2. The molecule has 2 heterocycles. The zero-order valence-electron chi connectivity index (χ0n) is 18.1. The third kappa shape index (κ3) is 4.53. The first-order valence-corrected chi connectivity index (χ1v) is 10.8. The van der Waals surface area contributed by atoms with Crippen LogP contribution in [0.1, 0.15) is 22.9 Å². The first-order chi connectivity index (χ1) is 16.7. The zero-order valence-corrected chi connectivity index (χ0v) is 18.1. The molecule has 2 aromatic heterocycles. The summed E-state index contributed by atoms with van der Waals surface area (Å²) < 4.78 is 1.60. The maximum atomic E-state index is 12.7. The van der Waals surface area contributed by atoms with Crippen molar-refractivity contribution < 1.29 is 9.59 Å². The van der Waals surface area contributed by atoms with Gasteiger partial charge in [0.2, 0.25) is 11.7 Å². The summed E-state index contributed by atoms with van der Waals surface area (Å²) in [5, 5.41) is 4.38. The molecule has 168 valence electrons. The van der Waals surface area contributed by atoms with Crippen LogP contribution in [0, 0.1) is 0 Å². The predicted octanol–water partition coefficient (Wildman–Crippen LogP) is 3.20. The van der Waals surface area contributed by atoms with Gasteiger partial charge in [-0.2, -0.15) is 0 Å². The lowest BCUT2D eigenvalue weighted by molar-refractivity contribution is -0.121. The van der Waals surface area contributed by atoms with Crippen molar-refractivity contribution in [3.8, 4) is 17.1 Å². The number of imidazole rings is 1. The molecule has 0 aliphatic rings. The number of para-hydroxylation sites is 3. The van der Waals surface area contributed by atoms with E-state index in [-0.39, 0.29) is 18.2 Å². The minimum absolute atomic E-state index is 0.0553. The molecule has 0 saturated carbocycles. The molecule has 0 atom stereocenters. The third-order valence-electron chi connectivity index (χ3n) is 5.19. The number of hydrogen-bond donors (Lipinski definition) is 3. The maximum Gasteiger partial charge on any atom is 0.309 e. The van der Waals surface area contributed by atoms with Crippen LogP contribution in [-0.4, -0.2) is 36.5 Å². The maximum absolute atomic E-state index is 12.7. The van der Waals surface area contributed by atoms with Gasteiger partial charge in [0.25, 0.3) is 0 Å². The molecular formula is C25H21N7O2. The first kappa shape index (κ1) is 21.1. The second-order valence-electron chi connectivity index (χ2n) is 7.58. The minimum atomic E-state index is -0.607. The number of hydrazine groups is 1. The highest BCUT2D eigenvalue weighted by molar-refractivity contribution is 5.92. The summed E-state index contributed by atoms with van der Waals surface area (Å²) in [7, 11) is 0. The number of nitrogens with zero attached hydrogens (tertiary/aromatic N) is 4. The van der Waals surface area contributed by atoms with Gasteiger partial charge in [-0.1, -0.05) is 60.7 Å². The van der Waals surface area contributed by atoms with E-state index in [9.17, 15) is 9.59 Å². The lowest BCUT2D eigenvalue weighted by Crippen LogP contribution is -2.42. The molecule has 3 N–H and O–H groups in total. The number of aromatic amines is 1. The van der Waals surface area contributed by atoms with Gasteiger partial charge in [-0.3, -0.25) is 20.4 Å². The first-order valence-electron chi connectivity index (χ1n) is 10.8. The lowest BCUT2D eigenvalue weighted by atomic mass is 10.2. The number of amides is 2. The molecule has 2 amide bonds. The molecule has 9 heteroatoms. The van der Waals surface area contributed by atoms with Crippen LogP contribution in [0.4, 0.5) is 0 Å². The summed E-state index contributed by atoms with van der Waals surface area (Å²) in [5.74, 6) is 0.218. The van der Waals surface area contributed by atoms with Crippen molar-refractivity contribution in [3.63, 3.8) is 0 Å². The van der Waals surface area contributed by atoms with E-state index in [0.29, 0.717) is 18.1 Å². The van der Waals surface area contributed by atoms with Crippen molar-refractivity contribution in [2.24, 2.45) is 0 Å². The highest BCUT2D eigenvalue weighted by Crippen LogP contribution is 2.21. The van der Waals surface area contributed by atoms with Crippen LogP contribution in [0.5, 0.6) is 0 Å². The molecule has 5 rings (SSSR count). The zero-order chi connectivity index (χ0) is 23.3. The molecule has 0 aliphatic carbocycles. The third-order valence-corrected chi connectivity index (χ3v) is 5.19. The Hall–Kier alpha value is -4.79. The number of benzene rings is 3. The Morgan fingerprint density at radius 1 is 0.824 bits per heavy atom. The molecule has 9 nitrogen and oxygen atoms in total. The van der Waals surface area contributed by atoms with Crippen molar-refractivity contribution in [3.05, 3.63) is 96.6 Å². The summed E-state index contributed by atoms with van der Waals surface area (Å²) in [6, 6.07) is 26.6. The van der Waals surface area contributed by atoms with Crippen LogP contribution in [-0.2, 0) is 11.2 Å². The number of nitrogens with one attached hydrogen (secondary N) is 3. The van der Waals surface area contributed by atoms with Crippen LogP contribution in [0.25, 0.3) is 28.1 Å². The summed E-state index contributed by atoms with van der Waals surface area (Å²) in [5.41, 5.74) is 8.17. The highest BCUT2D eigenvalue weighted by atomic mass is 16.2. The number of carbonyl (C=O) groups excluding carboxylic acids is 2. The molecule has 3 aromatic carbocycles. The van der Waals surface area contributed by atoms with E-state index >= 15 is 0 Å². The Balaban J connectivity index is 1.26. The van der Waals surface area contributed by atoms with Gasteiger partial charge in [0, 0.05) is 18.4 Å². The van der Waals surface area contributed by atoms with Crippen LogP contribution >= 0.6 is 0 Å². The molecule has 0 unspecified atom stereocenters. The van der Waals surface area contributed by atoms with Gasteiger partial charge < -0.3 is 4.98 Å². The average Bonchev–Trinajstić information content (AvgIpc) is 3.52. The van der Waals surface area contributed by atoms with E-state index < -0.39 is 5.91 Å². The molecule has 0 spiro atoms. The topological polar surface area (TPSA) is 118 Å². The van der Waals surface area contributed by atoms with E-state index in [4.69, 9.17) is 0 Å².